The number of benzene rings is 1. The Morgan fingerprint density at radius 2 is 2.11 bits per heavy atom. The van der Waals surface area contributed by atoms with E-state index in [1.807, 2.05) is 0 Å². The molecule has 0 saturated heterocycles. The maximum atomic E-state index is 9.00. The molecule has 0 aliphatic rings. The first kappa shape index (κ1) is 12.7. The third kappa shape index (κ3) is 2.55. The number of fused-ring (bicyclic) bond motifs is 1. The van der Waals surface area contributed by atoms with E-state index >= 15 is 0 Å². The van der Waals surface area contributed by atoms with Crippen LogP contribution in [-0.4, -0.2) is 25.6 Å². The Hall–Kier alpha value is -1.79. The number of nitrogens with zero attached hydrogens (tertiary/aromatic N) is 1. The van der Waals surface area contributed by atoms with E-state index < -0.39 is 0 Å². The maximum absolute atomic E-state index is 9.00. The van der Waals surface area contributed by atoms with Crippen molar-refractivity contribution < 1.29 is 4.90 Å². The lowest BCUT2D eigenvalue weighted by atomic mass is 10.0. The fourth-order valence-electron chi connectivity index (χ4n) is 2.29. The van der Waals surface area contributed by atoms with Crippen molar-refractivity contribution in [1.29, 1.82) is 5.26 Å². The fourth-order valence-corrected chi connectivity index (χ4v) is 2.29. The molecule has 18 heavy (non-hydrogen) atoms. The molecule has 0 atom stereocenters. The molecule has 0 spiro atoms. The summed E-state index contributed by atoms with van der Waals surface area (Å²) in [7, 11) is 4.30. The quantitative estimate of drug-likeness (QED) is 0.832. The fraction of sp³-hybridized carbons (Fsp3) is 0.400. The monoisotopic (exact) mass is 242 g/mol. The van der Waals surface area contributed by atoms with E-state index in [1.54, 1.807) is 0 Å². The van der Waals surface area contributed by atoms with E-state index in [0.717, 1.165) is 18.5 Å². The number of likely N-dealkylation sites (N-methyl/N-ethyl adjacent to an activating group) is 1. The maximum Gasteiger partial charge on any atom is 0.0822 e. The number of nitrogens with one attached hydrogen (secondary N) is 2. The zero-order valence-corrected chi connectivity index (χ0v) is 11.3. The highest BCUT2D eigenvalue weighted by Crippen LogP contribution is 2.24. The Labute approximate surface area is 108 Å². The number of quaternary nitrogens is 1. The molecule has 0 fully saturated rings. The van der Waals surface area contributed by atoms with Gasteiger partial charge in [0, 0.05) is 23.0 Å². The van der Waals surface area contributed by atoms with Crippen molar-refractivity contribution in [2.45, 2.75) is 19.8 Å². The molecule has 1 aromatic heterocycles. The van der Waals surface area contributed by atoms with Crippen LogP contribution < -0.4 is 4.90 Å². The molecular weight excluding hydrogens is 222 g/mol. The summed E-state index contributed by atoms with van der Waals surface area (Å²) in [6.45, 7) is 3.16. The van der Waals surface area contributed by atoms with Crippen LogP contribution in [0.3, 0.4) is 0 Å². The van der Waals surface area contributed by atoms with Gasteiger partial charge < -0.3 is 9.88 Å². The molecular formula is C15H20N3+. The van der Waals surface area contributed by atoms with Gasteiger partial charge in [0.1, 0.15) is 0 Å². The Morgan fingerprint density at radius 1 is 1.33 bits per heavy atom. The van der Waals surface area contributed by atoms with Gasteiger partial charge in [-0.05, 0) is 24.6 Å². The minimum atomic E-state index is 0.488. The number of nitriles is 1. The van der Waals surface area contributed by atoms with Crippen LogP contribution in [-0.2, 0) is 12.8 Å². The van der Waals surface area contributed by atoms with Crippen molar-refractivity contribution in [2.24, 2.45) is 0 Å². The summed E-state index contributed by atoms with van der Waals surface area (Å²) in [6.07, 6.45) is 1.48. The van der Waals surface area contributed by atoms with Crippen LogP contribution in [0.5, 0.6) is 0 Å². The summed E-state index contributed by atoms with van der Waals surface area (Å²) in [5, 5.41) is 10.2. The molecule has 1 aromatic carbocycles. The average molecular weight is 242 g/mol. The van der Waals surface area contributed by atoms with Crippen molar-refractivity contribution in [2.75, 3.05) is 20.6 Å². The number of hydrogen-bond acceptors (Lipinski definition) is 1. The number of rotatable bonds is 4. The second-order valence-electron chi connectivity index (χ2n) is 5.17. The van der Waals surface area contributed by atoms with Crippen LogP contribution in [0.4, 0.5) is 0 Å². The number of aryl methyl sites for hydroxylation is 1. The van der Waals surface area contributed by atoms with Crippen molar-refractivity contribution in [1.82, 2.24) is 4.98 Å². The highest BCUT2D eigenvalue weighted by atomic mass is 15.0. The first-order chi connectivity index (χ1) is 8.61. The summed E-state index contributed by atoms with van der Waals surface area (Å²) >= 11 is 0. The first-order valence-electron chi connectivity index (χ1n) is 6.38. The van der Waals surface area contributed by atoms with Gasteiger partial charge >= 0.3 is 0 Å². The molecule has 94 valence electrons. The van der Waals surface area contributed by atoms with Gasteiger partial charge in [-0.1, -0.05) is 11.6 Å². The zero-order valence-electron chi connectivity index (χ0n) is 11.3. The molecule has 0 saturated carbocycles. The van der Waals surface area contributed by atoms with Gasteiger partial charge in [0.25, 0.3) is 0 Å². The number of H-pyrrole nitrogens is 1. The summed E-state index contributed by atoms with van der Waals surface area (Å²) in [5.74, 6) is 0. The minimum absolute atomic E-state index is 0.488. The van der Waals surface area contributed by atoms with Gasteiger partial charge in [-0.3, -0.25) is 0 Å². The second kappa shape index (κ2) is 5.24. The van der Waals surface area contributed by atoms with Gasteiger partial charge in [-0.2, -0.15) is 5.26 Å². The van der Waals surface area contributed by atoms with E-state index in [9.17, 15) is 0 Å². The number of hydrogen-bond donors (Lipinski definition) is 2. The van der Waals surface area contributed by atoms with Gasteiger partial charge in [-0.15, -0.1) is 0 Å². The Morgan fingerprint density at radius 3 is 2.78 bits per heavy atom. The molecule has 0 unspecified atom stereocenters. The number of aromatic amines is 1. The predicted octanol–water partition coefficient (Wildman–Crippen LogP) is 1.23. The lowest BCUT2D eigenvalue weighted by Crippen LogP contribution is -3.06. The van der Waals surface area contributed by atoms with Gasteiger partial charge in [0.2, 0.25) is 0 Å². The summed E-state index contributed by atoms with van der Waals surface area (Å²) in [6, 6.07) is 8.67. The van der Waals surface area contributed by atoms with E-state index in [4.69, 9.17) is 5.26 Å². The lowest BCUT2D eigenvalue weighted by Gasteiger charge is -2.06. The van der Waals surface area contributed by atoms with Crippen LogP contribution in [0.25, 0.3) is 10.9 Å². The van der Waals surface area contributed by atoms with E-state index in [-0.39, 0.29) is 0 Å². The van der Waals surface area contributed by atoms with Crippen molar-refractivity contribution in [3.63, 3.8) is 0 Å². The minimum Gasteiger partial charge on any atom is -0.358 e. The lowest BCUT2D eigenvalue weighted by molar-refractivity contribution is -0.858. The summed E-state index contributed by atoms with van der Waals surface area (Å²) in [5.41, 5.74) is 4.79. The molecule has 0 aliphatic heterocycles. The smallest absolute Gasteiger partial charge is 0.0822 e. The first-order valence-corrected chi connectivity index (χ1v) is 6.38. The Bertz CT molecular complexity index is 588. The Balaban J connectivity index is 2.45. The molecule has 3 heteroatoms. The molecule has 2 N–H and O–H groups in total. The summed E-state index contributed by atoms with van der Waals surface area (Å²) in [4.78, 5) is 4.89. The molecule has 1 heterocycles. The second-order valence-corrected chi connectivity index (χ2v) is 5.17. The van der Waals surface area contributed by atoms with Crippen LogP contribution in [0.15, 0.2) is 18.2 Å². The third-order valence-corrected chi connectivity index (χ3v) is 3.28. The molecule has 3 nitrogen and oxygen atoms in total. The van der Waals surface area contributed by atoms with Gasteiger partial charge in [0.15, 0.2) is 0 Å². The van der Waals surface area contributed by atoms with Crippen molar-refractivity contribution in [3.05, 3.63) is 35.0 Å². The molecule has 2 aromatic rings. The van der Waals surface area contributed by atoms with Crippen LogP contribution in [0, 0.1) is 18.3 Å². The molecule has 0 bridgehead atoms. The zero-order chi connectivity index (χ0) is 13.1. The highest BCUT2D eigenvalue weighted by molar-refractivity contribution is 5.85. The predicted molar refractivity (Wildman–Crippen MR) is 73.7 cm³/mol. The van der Waals surface area contributed by atoms with Crippen LogP contribution >= 0.6 is 0 Å². The van der Waals surface area contributed by atoms with E-state index in [1.165, 1.54) is 27.1 Å². The van der Waals surface area contributed by atoms with E-state index in [2.05, 4.69) is 50.3 Å². The number of aromatic nitrogens is 1. The van der Waals surface area contributed by atoms with Gasteiger partial charge in [0.05, 0.1) is 33.1 Å². The molecule has 0 amide bonds. The third-order valence-electron chi connectivity index (χ3n) is 3.28. The molecule has 0 radical (unpaired) electrons. The van der Waals surface area contributed by atoms with Crippen molar-refractivity contribution >= 4 is 10.9 Å². The van der Waals surface area contributed by atoms with Crippen molar-refractivity contribution in [3.8, 4) is 6.07 Å². The van der Waals surface area contributed by atoms with Crippen LogP contribution in [0.2, 0.25) is 0 Å². The SMILES string of the molecule is Cc1ccc2[nH]c(CC[NH+](C)C)c(CC#N)c2c1. The highest BCUT2D eigenvalue weighted by Gasteiger charge is 2.12. The average Bonchev–Trinajstić information content (AvgIpc) is 2.65. The van der Waals surface area contributed by atoms with Crippen LogP contribution in [0.1, 0.15) is 16.8 Å². The van der Waals surface area contributed by atoms with E-state index in [0.29, 0.717) is 6.42 Å². The normalized spacial score (nSPS) is 11.1. The summed E-state index contributed by atoms with van der Waals surface area (Å²) < 4.78 is 0. The molecule has 0 aliphatic carbocycles. The standard InChI is InChI=1S/C15H19N3/c1-11-4-5-14-13(10-11)12(6-8-16)15(17-14)7-9-18(2)3/h4-5,10,17H,6-7,9H2,1-3H3/p+1. The molecule has 2 rings (SSSR count). The Kier molecular flexibility index (Phi) is 3.69. The topological polar surface area (TPSA) is 44.0 Å². The largest absolute Gasteiger partial charge is 0.358 e. The van der Waals surface area contributed by atoms with Gasteiger partial charge in [-0.25, -0.2) is 0 Å².